The summed E-state index contributed by atoms with van der Waals surface area (Å²) in [6.07, 6.45) is 11.3. The maximum absolute atomic E-state index is 12.6. The van der Waals surface area contributed by atoms with Crippen molar-refractivity contribution in [1.82, 2.24) is 20.3 Å². The Hall–Kier alpha value is -2.02. The molecule has 7 heteroatoms. The normalized spacial score (nSPS) is 19.3. The molecule has 0 atom stereocenters. The van der Waals surface area contributed by atoms with Gasteiger partial charge in [0.1, 0.15) is 17.8 Å². The molecule has 2 N–H and O–H groups in total. The average Bonchev–Trinajstić information content (AvgIpc) is 3.11. The monoisotopic (exact) mass is 343 g/mol. The topological polar surface area (TPSA) is 73.9 Å². The molecule has 0 bridgehead atoms. The number of carbonyl (C=O) groups is 1. The van der Waals surface area contributed by atoms with E-state index in [1.165, 1.54) is 19.3 Å². The van der Waals surface area contributed by atoms with Crippen molar-refractivity contribution in [2.75, 3.05) is 17.2 Å². The summed E-state index contributed by atoms with van der Waals surface area (Å²) in [4.78, 5) is 27.2. The third kappa shape index (κ3) is 3.13. The molecule has 0 spiro atoms. The van der Waals surface area contributed by atoms with Crippen molar-refractivity contribution in [2.24, 2.45) is 0 Å². The van der Waals surface area contributed by atoms with Crippen molar-refractivity contribution < 1.29 is 4.79 Å². The molecule has 1 fully saturated rings. The molecule has 1 amide bonds. The second-order valence-corrected chi connectivity index (χ2v) is 7.42. The summed E-state index contributed by atoms with van der Waals surface area (Å²) in [5, 5.41) is 4.18. The van der Waals surface area contributed by atoms with E-state index in [1.807, 2.05) is 18.5 Å². The molecule has 0 unspecified atom stereocenters. The summed E-state index contributed by atoms with van der Waals surface area (Å²) in [7, 11) is 0. The van der Waals surface area contributed by atoms with Gasteiger partial charge < -0.3 is 15.2 Å². The lowest BCUT2D eigenvalue weighted by molar-refractivity contribution is -0.117. The molecule has 2 aliphatic rings. The van der Waals surface area contributed by atoms with Gasteiger partial charge in [-0.15, -0.1) is 11.8 Å². The average molecular weight is 343 g/mol. The van der Waals surface area contributed by atoms with Crippen LogP contribution in [0.3, 0.4) is 0 Å². The first-order valence-corrected chi connectivity index (χ1v) is 9.50. The predicted molar refractivity (Wildman–Crippen MR) is 96.8 cm³/mol. The SMILES string of the molecule is O=C(NC1CCCCC1)C1=CN(c2ncnc3[nH]ccc23)CCS1. The van der Waals surface area contributed by atoms with Crippen LogP contribution >= 0.6 is 11.8 Å². The van der Waals surface area contributed by atoms with Gasteiger partial charge in [0.2, 0.25) is 0 Å². The molecular formula is C17H21N5OS. The van der Waals surface area contributed by atoms with Gasteiger partial charge in [-0.1, -0.05) is 19.3 Å². The number of fused-ring (bicyclic) bond motifs is 1. The Morgan fingerprint density at radius 3 is 3.04 bits per heavy atom. The number of carbonyl (C=O) groups excluding carboxylic acids is 1. The van der Waals surface area contributed by atoms with Crippen molar-refractivity contribution in [3.8, 4) is 0 Å². The van der Waals surface area contributed by atoms with Crippen molar-refractivity contribution in [3.63, 3.8) is 0 Å². The number of aromatic amines is 1. The van der Waals surface area contributed by atoms with E-state index < -0.39 is 0 Å². The molecule has 6 nitrogen and oxygen atoms in total. The highest BCUT2D eigenvalue weighted by Crippen LogP contribution is 2.29. The number of nitrogens with zero attached hydrogens (tertiary/aromatic N) is 3. The van der Waals surface area contributed by atoms with Crippen LogP contribution in [0.25, 0.3) is 11.0 Å². The zero-order valence-electron chi connectivity index (χ0n) is 13.5. The van der Waals surface area contributed by atoms with Crippen LogP contribution in [0.1, 0.15) is 32.1 Å². The molecule has 1 aliphatic carbocycles. The van der Waals surface area contributed by atoms with Crippen LogP contribution < -0.4 is 10.2 Å². The van der Waals surface area contributed by atoms with Crippen LogP contribution in [0.2, 0.25) is 0 Å². The first kappa shape index (κ1) is 15.5. The number of nitrogens with one attached hydrogen (secondary N) is 2. The van der Waals surface area contributed by atoms with Gasteiger partial charge in [-0.3, -0.25) is 4.79 Å². The molecule has 1 aliphatic heterocycles. The second kappa shape index (κ2) is 6.84. The molecular weight excluding hydrogens is 322 g/mol. The Kier molecular flexibility index (Phi) is 4.42. The van der Waals surface area contributed by atoms with Crippen LogP contribution in [-0.2, 0) is 4.79 Å². The van der Waals surface area contributed by atoms with Crippen LogP contribution in [-0.4, -0.2) is 39.2 Å². The zero-order chi connectivity index (χ0) is 16.4. The fourth-order valence-electron chi connectivity index (χ4n) is 3.38. The Morgan fingerprint density at radius 1 is 1.29 bits per heavy atom. The first-order chi connectivity index (χ1) is 11.8. The van der Waals surface area contributed by atoms with Crippen molar-refractivity contribution in [2.45, 2.75) is 38.1 Å². The highest BCUT2D eigenvalue weighted by atomic mass is 32.2. The molecule has 0 aromatic carbocycles. The lowest BCUT2D eigenvalue weighted by Gasteiger charge is -2.27. The van der Waals surface area contributed by atoms with Gasteiger partial charge in [0.05, 0.1) is 10.3 Å². The number of anilines is 1. The molecule has 126 valence electrons. The van der Waals surface area contributed by atoms with Gasteiger partial charge in [0.25, 0.3) is 5.91 Å². The van der Waals surface area contributed by atoms with Gasteiger partial charge in [-0.2, -0.15) is 0 Å². The van der Waals surface area contributed by atoms with Crippen LogP contribution in [0.4, 0.5) is 5.82 Å². The van der Waals surface area contributed by atoms with E-state index in [0.717, 1.165) is 46.9 Å². The van der Waals surface area contributed by atoms with Gasteiger partial charge in [0.15, 0.2) is 0 Å². The van der Waals surface area contributed by atoms with Crippen molar-refractivity contribution in [1.29, 1.82) is 0 Å². The Labute approximate surface area is 145 Å². The summed E-state index contributed by atoms with van der Waals surface area (Å²) in [6, 6.07) is 2.31. The van der Waals surface area contributed by atoms with Crippen LogP contribution in [0.15, 0.2) is 29.7 Å². The van der Waals surface area contributed by atoms with E-state index in [0.29, 0.717) is 6.04 Å². The number of hydrogen-bond donors (Lipinski definition) is 2. The van der Waals surface area contributed by atoms with Gasteiger partial charge >= 0.3 is 0 Å². The molecule has 2 aromatic heterocycles. The summed E-state index contributed by atoms with van der Waals surface area (Å²) >= 11 is 1.62. The maximum Gasteiger partial charge on any atom is 0.259 e. The number of aromatic nitrogens is 3. The largest absolute Gasteiger partial charge is 0.349 e. The van der Waals surface area contributed by atoms with E-state index in [2.05, 4.69) is 25.2 Å². The number of rotatable bonds is 3. The van der Waals surface area contributed by atoms with E-state index in [-0.39, 0.29) is 5.91 Å². The maximum atomic E-state index is 12.6. The van der Waals surface area contributed by atoms with Crippen LogP contribution in [0.5, 0.6) is 0 Å². The fraction of sp³-hybridized carbons (Fsp3) is 0.471. The molecule has 2 aromatic rings. The Balaban J connectivity index is 1.54. The minimum atomic E-state index is 0.0518. The van der Waals surface area contributed by atoms with Gasteiger partial charge in [0, 0.05) is 30.7 Å². The summed E-state index contributed by atoms with van der Waals surface area (Å²) in [5.41, 5.74) is 0.819. The highest BCUT2D eigenvalue weighted by molar-refractivity contribution is 8.04. The van der Waals surface area contributed by atoms with Crippen molar-refractivity contribution >= 4 is 34.5 Å². The van der Waals surface area contributed by atoms with E-state index in [4.69, 9.17) is 0 Å². The third-order valence-corrected chi connectivity index (χ3v) is 5.62. The quantitative estimate of drug-likeness (QED) is 0.896. The number of amides is 1. The highest BCUT2D eigenvalue weighted by Gasteiger charge is 2.23. The molecule has 24 heavy (non-hydrogen) atoms. The Bertz CT molecular complexity index is 765. The number of thioether (sulfide) groups is 1. The standard InChI is InChI=1S/C17H21N5OS/c23-17(21-12-4-2-1-3-5-12)14-10-22(8-9-24-14)16-13-6-7-18-15(13)19-11-20-16/h6-7,10-12H,1-5,8-9H2,(H,21,23)(H,18,19,20). The molecule has 0 saturated heterocycles. The second-order valence-electron chi connectivity index (χ2n) is 6.28. The fourth-order valence-corrected chi connectivity index (χ4v) is 4.28. The number of hydrogen-bond acceptors (Lipinski definition) is 5. The van der Waals surface area contributed by atoms with Crippen molar-refractivity contribution in [3.05, 3.63) is 29.7 Å². The van der Waals surface area contributed by atoms with Gasteiger partial charge in [-0.25, -0.2) is 9.97 Å². The summed E-state index contributed by atoms with van der Waals surface area (Å²) in [6.45, 7) is 0.835. The molecule has 0 radical (unpaired) electrons. The van der Waals surface area contributed by atoms with E-state index >= 15 is 0 Å². The summed E-state index contributed by atoms with van der Waals surface area (Å²) in [5.74, 6) is 1.78. The summed E-state index contributed by atoms with van der Waals surface area (Å²) < 4.78 is 0. The molecule has 4 rings (SSSR count). The van der Waals surface area contributed by atoms with E-state index in [9.17, 15) is 4.79 Å². The lowest BCUT2D eigenvalue weighted by atomic mass is 9.95. The molecule has 1 saturated carbocycles. The smallest absolute Gasteiger partial charge is 0.259 e. The minimum absolute atomic E-state index is 0.0518. The van der Waals surface area contributed by atoms with E-state index in [1.54, 1.807) is 18.1 Å². The van der Waals surface area contributed by atoms with Gasteiger partial charge in [-0.05, 0) is 18.9 Å². The zero-order valence-corrected chi connectivity index (χ0v) is 14.3. The first-order valence-electron chi connectivity index (χ1n) is 8.51. The Morgan fingerprint density at radius 2 is 2.17 bits per heavy atom. The minimum Gasteiger partial charge on any atom is -0.349 e. The van der Waals surface area contributed by atoms with Crippen LogP contribution in [0, 0.1) is 0 Å². The molecule has 3 heterocycles. The predicted octanol–water partition coefficient (Wildman–Crippen LogP) is 2.80. The number of H-pyrrole nitrogens is 1. The lowest BCUT2D eigenvalue weighted by Crippen LogP contribution is -2.38. The third-order valence-electron chi connectivity index (χ3n) is 4.63.